The van der Waals surface area contributed by atoms with Crippen molar-refractivity contribution in [2.45, 2.75) is 107 Å². The van der Waals surface area contributed by atoms with Gasteiger partial charge >= 0.3 is 11.9 Å². The summed E-state index contributed by atoms with van der Waals surface area (Å²) in [4.78, 5) is 104. The van der Waals surface area contributed by atoms with Gasteiger partial charge < -0.3 is 69.1 Å². The van der Waals surface area contributed by atoms with Gasteiger partial charge in [0.25, 0.3) is 0 Å². The number of aliphatic carboxylic acids is 2. The molecule has 23 heteroatoms. The summed E-state index contributed by atoms with van der Waals surface area (Å²) in [6.07, 6.45) is 1.58. The van der Waals surface area contributed by atoms with Crippen LogP contribution in [-0.2, 0) is 38.4 Å². The maximum atomic E-state index is 13.6. The van der Waals surface area contributed by atoms with Crippen LogP contribution in [0.2, 0.25) is 0 Å². The molecule has 2 aliphatic rings. The first-order chi connectivity index (χ1) is 25.9. The van der Waals surface area contributed by atoms with Gasteiger partial charge in [-0.25, -0.2) is 0 Å². The minimum atomic E-state index is -1.31. The van der Waals surface area contributed by atoms with Crippen LogP contribution in [0.5, 0.6) is 0 Å². The second-order valence-electron chi connectivity index (χ2n) is 13.3. The quantitative estimate of drug-likeness (QED) is 0.0279. The predicted molar refractivity (Wildman–Crippen MR) is 195 cm³/mol. The summed E-state index contributed by atoms with van der Waals surface area (Å²) in [5, 5.41) is 48.1. The largest absolute Gasteiger partial charge is 0.481 e. The molecule has 0 aromatic carbocycles. The topological polar surface area (TPSA) is 381 Å². The number of amides is 6. The monoisotopic (exact) mass is 781 g/mol. The number of guanidine groups is 2. The Morgan fingerprint density at radius 2 is 1.24 bits per heavy atom. The van der Waals surface area contributed by atoms with Gasteiger partial charge in [-0.1, -0.05) is 0 Å². The van der Waals surface area contributed by atoms with Gasteiger partial charge in [0.1, 0.15) is 30.2 Å². The standard InChI is InChI=1S/C32H55N13O10/c1-17(30(54)55)41-25(49)19(6-2-12-38-31(34)35)42-26(50)20(7-3-13-39-32(36)37)43-28(52)22-9-4-14-44(22)23(46)16-40-27(51)21-8-5-15-45(21)29(53)18(33)10-11-24(47)48/h17-22H,2-16,33H2,1H3,(H,40,51)(H,41,49)(H,42,50)(H,43,52)(H,47,48)(H,54,55)(H4,34,35,38)(H4,36,37,39)/t17-,18-,19-,20-,21-,22-/m0/s1. The molecule has 308 valence electrons. The van der Waals surface area contributed by atoms with E-state index in [1.54, 1.807) is 0 Å². The van der Waals surface area contributed by atoms with Crippen molar-refractivity contribution in [3.05, 3.63) is 0 Å². The van der Waals surface area contributed by atoms with Crippen LogP contribution >= 0.6 is 0 Å². The zero-order chi connectivity index (χ0) is 41.2. The Kier molecular flexibility index (Phi) is 18.6. The second kappa shape index (κ2) is 22.5. The van der Waals surface area contributed by atoms with E-state index in [1.807, 2.05) is 0 Å². The first-order valence-electron chi connectivity index (χ1n) is 18.1. The zero-order valence-corrected chi connectivity index (χ0v) is 30.9. The number of hydrogen-bond acceptors (Lipinski definition) is 11. The molecule has 2 aliphatic heterocycles. The molecular weight excluding hydrogens is 726 g/mol. The molecule has 16 N–H and O–H groups in total. The maximum Gasteiger partial charge on any atom is 0.325 e. The number of carbonyl (C=O) groups excluding carboxylic acids is 6. The molecule has 0 saturated carbocycles. The molecule has 2 rings (SSSR count). The van der Waals surface area contributed by atoms with Crippen LogP contribution < -0.4 is 49.1 Å². The molecular formula is C32H55N13O10. The first kappa shape index (κ1) is 45.4. The Hall–Kier alpha value is -5.74. The Morgan fingerprint density at radius 3 is 1.76 bits per heavy atom. The Morgan fingerprint density at radius 1 is 0.727 bits per heavy atom. The molecule has 55 heavy (non-hydrogen) atoms. The van der Waals surface area contributed by atoms with E-state index in [4.69, 9.17) is 33.1 Å². The van der Waals surface area contributed by atoms with Gasteiger partial charge in [-0.15, -0.1) is 0 Å². The Bertz CT molecular complexity index is 1450. The Balaban J connectivity index is 2.12. The number of rotatable bonds is 22. The van der Waals surface area contributed by atoms with E-state index in [0.717, 1.165) is 0 Å². The van der Waals surface area contributed by atoms with Crippen LogP contribution in [0.15, 0.2) is 0 Å². The molecule has 2 heterocycles. The van der Waals surface area contributed by atoms with E-state index in [1.165, 1.54) is 16.7 Å². The van der Waals surface area contributed by atoms with Gasteiger partial charge in [-0.3, -0.25) is 49.2 Å². The summed E-state index contributed by atoms with van der Waals surface area (Å²) >= 11 is 0. The Labute approximate surface area is 317 Å². The summed E-state index contributed by atoms with van der Waals surface area (Å²) in [6.45, 7) is 1.51. The smallest absolute Gasteiger partial charge is 0.325 e. The summed E-state index contributed by atoms with van der Waals surface area (Å²) in [5.41, 5.74) is 16.5. The van der Waals surface area contributed by atoms with Crippen molar-refractivity contribution in [3.8, 4) is 0 Å². The van der Waals surface area contributed by atoms with Crippen molar-refractivity contribution in [2.24, 2.45) is 17.2 Å². The normalized spacial score (nSPS) is 18.5. The number of nitrogens with one attached hydrogen (secondary N) is 8. The zero-order valence-electron chi connectivity index (χ0n) is 30.9. The summed E-state index contributed by atoms with van der Waals surface area (Å²) in [6, 6.07) is -6.79. The molecule has 6 atom stereocenters. The van der Waals surface area contributed by atoms with Crippen molar-refractivity contribution in [2.75, 3.05) is 32.7 Å². The average Bonchev–Trinajstić information content (AvgIpc) is 3.82. The minimum Gasteiger partial charge on any atom is -0.481 e. The van der Waals surface area contributed by atoms with Gasteiger partial charge in [-0.2, -0.15) is 0 Å². The third-order valence-corrected chi connectivity index (χ3v) is 9.08. The number of carboxylic acid groups (broad SMARTS) is 2. The summed E-state index contributed by atoms with van der Waals surface area (Å²) < 4.78 is 0. The highest BCUT2D eigenvalue weighted by molar-refractivity contribution is 5.96. The molecule has 0 aromatic heterocycles. The molecule has 6 amide bonds. The number of carboxylic acids is 2. The molecule has 0 bridgehead atoms. The highest BCUT2D eigenvalue weighted by Gasteiger charge is 2.39. The lowest BCUT2D eigenvalue weighted by Crippen LogP contribution is -2.58. The molecule has 2 saturated heterocycles. The molecule has 0 aromatic rings. The number of hydrogen-bond donors (Lipinski definition) is 13. The van der Waals surface area contributed by atoms with E-state index in [0.29, 0.717) is 19.3 Å². The fourth-order valence-electron chi connectivity index (χ4n) is 6.15. The molecule has 0 unspecified atom stereocenters. The lowest BCUT2D eigenvalue weighted by atomic mass is 10.1. The minimum absolute atomic E-state index is 0.0108. The highest BCUT2D eigenvalue weighted by atomic mass is 16.4. The third kappa shape index (κ3) is 15.3. The number of likely N-dealkylation sites (tertiary alicyclic amines) is 2. The predicted octanol–water partition coefficient (Wildman–Crippen LogP) is -4.64. The first-order valence-corrected chi connectivity index (χ1v) is 18.1. The van der Waals surface area contributed by atoms with Crippen LogP contribution in [0.25, 0.3) is 0 Å². The van der Waals surface area contributed by atoms with Gasteiger partial charge in [-0.05, 0) is 64.7 Å². The fourth-order valence-corrected chi connectivity index (χ4v) is 6.15. The molecule has 2 fully saturated rings. The van der Waals surface area contributed by atoms with E-state index >= 15 is 0 Å². The summed E-state index contributed by atoms with van der Waals surface area (Å²) in [7, 11) is 0. The van der Waals surface area contributed by atoms with Crippen LogP contribution in [0, 0.1) is 10.8 Å². The van der Waals surface area contributed by atoms with Crippen molar-refractivity contribution in [3.63, 3.8) is 0 Å². The number of nitrogens with zero attached hydrogens (tertiary/aromatic N) is 2. The third-order valence-electron chi connectivity index (χ3n) is 9.08. The SMILES string of the molecule is C[C@H](NC(=O)[C@H](CCCNC(=N)N)NC(=O)[C@H](CCCNC(=N)N)NC(=O)[C@@H]1CCCN1C(=O)CNC(=O)[C@@H]1CCCN1C(=O)[C@@H](N)CCC(=O)O)C(=O)O. The van der Waals surface area contributed by atoms with Crippen LogP contribution in [0.3, 0.4) is 0 Å². The molecule has 0 aliphatic carbocycles. The molecule has 23 nitrogen and oxygen atoms in total. The fraction of sp³-hybridized carbons (Fsp3) is 0.688. The molecule has 0 spiro atoms. The second-order valence-corrected chi connectivity index (χ2v) is 13.3. The molecule has 0 radical (unpaired) electrons. The van der Waals surface area contributed by atoms with E-state index in [2.05, 4.69) is 31.9 Å². The van der Waals surface area contributed by atoms with Gasteiger partial charge in [0.05, 0.1) is 12.6 Å². The van der Waals surface area contributed by atoms with Gasteiger partial charge in [0.15, 0.2) is 11.9 Å². The lowest BCUT2D eigenvalue weighted by Gasteiger charge is -2.28. The lowest BCUT2D eigenvalue weighted by molar-refractivity contribution is -0.142. The van der Waals surface area contributed by atoms with Crippen molar-refractivity contribution in [1.29, 1.82) is 10.8 Å². The number of nitrogens with two attached hydrogens (primary N) is 3. The maximum absolute atomic E-state index is 13.6. The van der Waals surface area contributed by atoms with E-state index in [-0.39, 0.29) is 83.0 Å². The van der Waals surface area contributed by atoms with E-state index < -0.39 is 90.2 Å². The van der Waals surface area contributed by atoms with Crippen LogP contribution in [-0.4, -0.2) is 148 Å². The average molecular weight is 782 g/mol. The van der Waals surface area contributed by atoms with Crippen molar-refractivity contribution >= 4 is 59.3 Å². The highest BCUT2D eigenvalue weighted by Crippen LogP contribution is 2.20. The van der Waals surface area contributed by atoms with Crippen molar-refractivity contribution < 1.29 is 48.6 Å². The number of carbonyl (C=O) groups is 8. The van der Waals surface area contributed by atoms with Gasteiger partial charge in [0.2, 0.25) is 35.4 Å². The summed E-state index contributed by atoms with van der Waals surface area (Å²) in [5.74, 6) is -7.04. The van der Waals surface area contributed by atoms with Crippen molar-refractivity contribution in [1.82, 2.24) is 41.7 Å². The van der Waals surface area contributed by atoms with E-state index in [9.17, 15) is 43.5 Å². The van der Waals surface area contributed by atoms with Gasteiger partial charge in [0, 0.05) is 32.6 Å². The van der Waals surface area contributed by atoms with Crippen LogP contribution in [0.1, 0.15) is 71.1 Å². The van der Waals surface area contributed by atoms with Crippen LogP contribution in [0.4, 0.5) is 0 Å².